The SMILES string of the molecule is COc1cc(N2CCC(N3CCC(N(C)C)CC3)CC2)ccc1Nc1ncc(Cl)c(Nc2ccccc2S(=O)(=O)C(C)C)n1. The fraction of sp³-hybridized carbons (Fsp3) is 0.500. The summed E-state index contributed by atoms with van der Waals surface area (Å²) in [6.45, 7) is 7.71. The van der Waals surface area contributed by atoms with Crippen molar-refractivity contribution in [2.45, 2.75) is 61.8 Å². The van der Waals surface area contributed by atoms with E-state index in [-0.39, 0.29) is 9.92 Å². The van der Waals surface area contributed by atoms with Gasteiger partial charge >= 0.3 is 0 Å². The topological polar surface area (TPSA) is 103 Å². The molecule has 2 aliphatic heterocycles. The summed E-state index contributed by atoms with van der Waals surface area (Å²) < 4.78 is 31.6. The van der Waals surface area contributed by atoms with Gasteiger partial charge in [0, 0.05) is 36.9 Å². The molecule has 2 N–H and O–H groups in total. The minimum atomic E-state index is -3.52. The summed E-state index contributed by atoms with van der Waals surface area (Å²) in [7, 11) is 2.50. The Bertz CT molecular complexity index is 1540. The molecule has 238 valence electrons. The van der Waals surface area contributed by atoms with Crippen molar-refractivity contribution >= 4 is 50.3 Å². The molecule has 0 spiro atoms. The Morgan fingerprint density at radius 1 is 0.977 bits per heavy atom. The van der Waals surface area contributed by atoms with E-state index in [9.17, 15) is 8.42 Å². The predicted octanol–water partition coefficient (Wildman–Crippen LogP) is 5.80. The summed E-state index contributed by atoms with van der Waals surface area (Å²) in [5.74, 6) is 1.27. The van der Waals surface area contributed by atoms with Crippen LogP contribution in [0.25, 0.3) is 0 Å². The molecule has 0 saturated carbocycles. The molecule has 1 aromatic heterocycles. The standard InChI is InChI=1S/C32H44ClN7O3S/c1-22(2)44(41,42)30-9-7-6-8-28(30)35-31-26(33)21-34-32(37-31)36-27-11-10-25(20-29(27)43-5)40-18-14-24(15-19-40)39-16-12-23(13-17-39)38(3)4/h6-11,20-24H,12-19H2,1-5H3,(H2,34,35,36,37). The highest BCUT2D eigenvalue weighted by atomic mass is 35.5. The van der Waals surface area contributed by atoms with Crippen molar-refractivity contribution in [2.75, 3.05) is 62.9 Å². The highest BCUT2D eigenvalue weighted by molar-refractivity contribution is 7.92. The van der Waals surface area contributed by atoms with E-state index in [4.69, 9.17) is 16.3 Å². The number of likely N-dealkylation sites (tertiary alicyclic amines) is 1. The Balaban J connectivity index is 1.25. The van der Waals surface area contributed by atoms with Gasteiger partial charge in [-0.3, -0.25) is 0 Å². The lowest BCUT2D eigenvalue weighted by atomic mass is 9.97. The van der Waals surface area contributed by atoms with Crippen molar-refractivity contribution in [1.29, 1.82) is 0 Å². The molecule has 0 radical (unpaired) electrons. The maximum atomic E-state index is 12.9. The molecule has 2 fully saturated rings. The van der Waals surface area contributed by atoms with Gasteiger partial charge in [-0.2, -0.15) is 4.98 Å². The maximum absolute atomic E-state index is 12.9. The van der Waals surface area contributed by atoms with Crippen LogP contribution in [-0.2, 0) is 9.84 Å². The summed E-state index contributed by atoms with van der Waals surface area (Å²) in [6.07, 6.45) is 6.30. The molecule has 3 aromatic rings. The van der Waals surface area contributed by atoms with Crippen molar-refractivity contribution < 1.29 is 13.2 Å². The highest BCUT2D eigenvalue weighted by Crippen LogP contribution is 2.35. The monoisotopic (exact) mass is 641 g/mol. The average molecular weight is 642 g/mol. The number of aromatic nitrogens is 2. The van der Waals surface area contributed by atoms with Crippen molar-refractivity contribution in [1.82, 2.24) is 19.8 Å². The van der Waals surface area contributed by atoms with E-state index in [1.54, 1.807) is 45.2 Å². The van der Waals surface area contributed by atoms with Crippen LogP contribution >= 0.6 is 11.6 Å². The van der Waals surface area contributed by atoms with Crippen LogP contribution in [0.4, 0.5) is 28.8 Å². The molecule has 10 nitrogen and oxygen atoms in total. The van der Waals surface area contributed by atoms with E-state index < -0.39 is 15.1 Å². The fourth-order valence-corrected chi connectivity index (χ4v) is 7.41. The molecule has 3 heterocycles. The molecule has 0 aliphatic carbocycles. The maximum Gasteiger partial charge on any atom is 0.229 e. The van der Waals surface area contributed by atoms with Crippen LogP contribution in [0.1, 0.15) is 39.5 Å². The quantitative estimate of drug-likeness (QED) is 0.282. The van der Waals surface area contributed by atoms with Crippen LogP contribution < -0.4 is 20.3 Å². The van der Waals surface area contributed by atoms with E-state index in [1.165, 1.54) is 32.1 Å². The number of sulfone groups is 1. The Morgan fingerprint density at radius 2 is 1.68 bits per heavy atom. The lowest BCUT2D eigenvalue weighted by Gasteiger charge is -2.43. The number of rotatable bonds is 10. The van der Waals surface area contributed by atoms with Gasteiger partial charge in [0.25, 0.3) is 0 Å². The van der Waals surface area contributed by atoms with E-state index in [0.29, 0.717) is 41.0 Å². The van der Waals surface area contributed by atoms with Crippen LogP contribution in [0.5, 0.6) is 5.75 Å². The Kier molecular flexibility index (Phi) is 10.2. The van der Waals surface area contributed by atoms with Gasteiger partial charge in [-0.15, -0.1) is 0 Å². The first-order chi connectivity index (χ1) is 21.1. The zero-order valence-electron chi connectivity index (χ0n) is 26.3. The smallest absolute Gasteiger partial charge is 0.229 e. The predicted molar refractivity (Wildman–Crippen MR) is 179 cm³/mol. The molecule has 44 heavy (non-hydrogen) atoms. The molecule has 2 aromatic carbocycles. The number of ether oxygens (including phenoxy) is 1. The van der Waals surface area contributed by atoms with Crippen LogP contribution in [0, 0.1) is 0 Å². The Morgan fingerprint density at radius 3 is 2.34 bits per heavy atom. The molecule has 0 bridgehead atoms. The van der Waals surface area contributed by atoms with Crippen molar-refractivity contribution in [3.63, 3.8) is 0 Å². The summed E-state index contributed by atoms with van der Waals surface area (Å²) in [5, 5.41) is 6.03. The van der Waals surface area contributed by atoms with Crippen molar-refractivity contribution in [3.8, 4) is 5.75 Å². The van der Waals surface area contributed by atoms with Gasteiger partial charge in [0.2, 0.25) is 5.95 Å². The van der Waals surface area contributed by atoms with Crippen molar-refractivity contribution in [2.24, 2.45) is 0 Å². The molecule has 0 unspecified atom stereocenters. The number of nitrogens with zero attached hydrogens (tertiary/aromatic N) is 5. The van der Waals surface area contributed by atoms with Gasteiger partial charge in [0.15, 0.2) is 15.7 Å². The highest BCUT2D eigenvalue weighted by Gasteiger charge is 2.29. The van der Waals surface area contributed by atoms with Crippen LogP contribution in [0.2, 0.25) is 5.02 Å². The fourth-order valence-electron chi connectivity index (χ4n) is 6.07. The van der Waals surface area contributed by atoms with Gasteiger partial charge < -0.3 is 30.1 Å². The number of para-hydroxylation sites is 1. The van der Waals surface area contributed by atoms with E-state index >= 15 is 0 Å². The second-order valence-corrected chi connectivity index (χ2v) is 14.9. The number of hydrogen-bond acceptors (Lipinski definition) is 10. The first kappa shape index (κ1) is 32.3. The molecule has 2 aliphatic rings. The third-order valence-electron chi connectivity index (χ3n) is 8.82. The van der Waals surface area contributed by atoms with Gasteiger partial charge in [0.05, 0.1) is 34.8 Å². The minimum absolute atomic E-state index is 0.189. The number of halogens is 1. The first-order valence-corrected chi connectivity index (χ1v) is 17.2. The summed E-state index contributed by atoms with van der Waals surface area (Å²) >= 11 is 6.42. The van der Waals surface area contributed by atoms with Crippen LogP contribution in [0.3, 0.4) is 0 Å². The normalized spacial score (nSPS) is 17.3. The van der Waals surface area contributed by atoms with E-state index in [1.807, 2.05) is 12.1 Å². The number of methoxy groups -OCH3 is 1. The molecular weight excluding hydrogens is 598 g/mol. The summed E-state index contributed by atoms with van der Waals surface area (Å²) in [4.78, 5) is 16.6. The molecule has 2 saturated heterocycles. The summed E-state index contributed by atoms with van der Waals surface area (Å²) in [6, 6.07) is 14.2. The lowest BCUT2D eigenvalue weighted by Crippen LogP contribution is -2.50. The van der Waals surface area contributed by atoms with Gasteiger partial charge in [-0.1, -0.05) is 23.7 Å². The third-order valence-corrected chi connectivity index (χ3v) is 11.3. The molecule has 5 rings (SSSR count). The number of nitrogens with one attached hydrogen (secondary N) is 2. The van der Waals surface area contributed by atoms with Gasteiger partial charge in [-0.25, -0.2) is 13.4 Å². The van der Waals surface area contributed by atoms with E-state index in [0.717, 1.165) is 31.6 Å². The lowest BCUT2D eigenvalue weighted by molar-refractivity contribution is 0.0960. The van der Waals surface area contributed by atoms with Crippen LogP contribution in [-0.4, -0.2) is 92.9 Å². The first-order valence-electron chi connectivity index (χ1n) is 15.3. The third kappa shape index (κ3) is 7.22. The van der Waals surface area contributed by atoms with Gasteiger partial charge in [-0.05, 0) is 91.0 Å². The second kappa shape index (κ2) is 13.9. The minimum Gasteiger partial charge on any atom is -0.494 e. The van der Waals surface area contributed by atoms with Crippen molar-refractivity contribution in [3.05, 3.63) is 53.7 Å². The number of hydrogen-bond donors (Lipinski definition) is 2. The average Bonchev–Trinajstić information content (AvgIpc) is 3.03. The van der Waals surface area contributed by atoms with E-state index in [2.05, 4.69) is 55.5 Å². The largest absolute Gasteiger partial charge is 0.494 e. The summed E-state index contributed by atoms with van der Waals surface area (Å²) in [5.41, 5.74) is 2.24. The Labute approximate surface area is 266 Å². The zero-order valence-corrected chi connectivity index (χ0v) is 27.8. The van der Waals surface area contributed by atoms with Gasteiger partial charge in [0.1, 0.15) is 10.8 Å². The molecule has 0 atom stereocenters. The van der Waals surface area contributed by atoms with Crippen LogP contribution in [0.15, 0.2) is 53.6 Å². The second-order valence-electron chi connectivity index (χ2n) is 12.1. The molecular formula is C32H44ClN7O3S. The Hall–Kier alpha value is -3.12. The molecule has 0 amide bonds. The number of piperidine rings is 2. The zero-order chi connectivity index (χ0) is 31.4. The number of anilines is 5. The molecule has 12 heteroatoms. The number of benzene rings is 2.